The third kappa shape index (κ3) is 4.29. The molecule has 3 heterocycles. The molecule has 0 radical (unpaired) electrons. The van der Waals surface area contributed by atoms with E-state index in [1.165, 1.54) is 0 Å². The van der Waals surface area contributed by atoms with Gasteiger partial charge >= 0.3 is 6.01 Å². The Morgan fingerprint density at radius 2 is 1.81 bits per heavy atom. The molecule has 0 bridgehead atoms. The van der Waals surface area contributed by atoms with Gasteiger partial charge < -0.3 is 24.2 Å². The third-order valence-electron chi connectivity index (χ3n) is 4.79. The lowest BCUT2D eigenvalue weighted by Gasteiger charge is -2.38. The molecular formula is C18H27N7O2. The van der Waals surface area contributed by atoms with Gasteiger partial charge in [0, 0.05) is 52.4 Å². The van der Waals surface area contributed by atoms with E-state index in [-0.39, 0.29) is 0 Å². The fourth-order valence-corrected chi connectivity index (χ4v) is 3.19. The minimum atomic E-state index is 0.311. The Kier molecular flexibility index (Phi) is 5.78. The zero-order valence-electron chi connectivity index (χ0n) is 16.6. The number of hydrogen-bond donors (Lipinski definition) is 0. The highest BCUT2D eigenvalue weighted by Gasteiger charge is 2.26. The fourth-order valence-electron chi connectivity index (χ4n) is 3.19. The number of likely N-dealkylation sites (N-methyl/N-ethyl adjacent to an activating group) is 1. The lowest BCUT2D eigenvalue weighted by Crippen LogP contribution is -2.47. The second kappa shape index (κ2) is 8.24. The van der Waals surface area contributed by atoms with Crippen LogP contribution in [-0.4, -0.2) is 74.4 Å². The normalized spacial score (nSPS) is 16.8. The van der Waals surface area contributed by atoms with Crippen molar-refractivity contribution >= 4 is 17.5 Å². The maximum Gasteiger partial charge on any atom is 0.321 e. The number of hydrogen-bond acceptors (Lipinski definition) is 9. The second-order valence-electron chi connectivity index (χ2n) is 6.74. The van der Waals surface area contributed by atoms with Crippen LogP contribution in [0.4, 0.5) is 17.5 Å². The maximum atomic E-state index is 5.28. The molecule has 1 aliphatic rings. The molecule has 1 atom stereocenters. The minimum Gasteiger partial charge on any atom is -0.481 e. The van der Waals surface area contributed by atoms with Gasteiger partial charge in [0.1, 0.15) is 23.8 Å². The van der Waals surface area contributed by atoms with E-state index >= 15 is 0 Å². The van der Waals surface area contributed by atoms with Gasteiger partial charge in [-0.1, -0.05) is 0 Å². The molecule has 27 heavy (non-hydrogen) atoms. The second-order valence-corrected chi connectivity index (χ2v) is 6.74. The number of aromatic nitrogens is 4. The number of methoxy groups -OCH3 is 2. The molecule has 1 unspecified atom stereocenters. The first-order valence-electron chi connectivity index (χ1n) is 8.96. The van der Waals surface area contributed by atoms with Crippen LogP contribution >= 0.6 is 0 Å². The van der Waals surface area contributed by atoms with E-state index in [1.807, 2.05) is 31.1 Å². The lowest BCUT2D eigenvalue weighted by atomic mass is 10.0. The summed E-state index contributed by atoms with van der Waals surface area (Å²) in [6.07, 6.45) is 3.77. The first-order valence-corrected chi connectivity index (χ1v) is 8.96. The van der Waals surface area contributed by atoms with Crippen LogP contribution < -0.4 is 24.2 Å². The first-order chi connectivity index (χ1) is 13.0. The highest BCUT2D eigenvalue weighted by atomic mass is 16.5. The van der Waals surface area contributed by atoms with E-state index in [1.54, 1.807) is 20.5 Å². The van der Waals surface area contributed by atoms with Crippen LogP contribution in [0.5, 0.6) is 11.9 Å². The largest absolute Gasteiger partial charge is 0.481 e. The van der Waals surface area contributed by atoms with Crippen LogP contribution in [0, 0.1) is 0 Å². The molecule has 2 aromatic heterocycles. The van der Waals surface area contributed by atoms with Crippen molar-refractivity contribution in [2.75, 3.05) is 63.2 Å². The Bertz CT molecular complexity index is 749. The summed E-state index contributed by atoms with van der Waals surface area (Å²) in [6.45, 7) is 1.77. The molecule has 2 aromatic rings. The average molecular weight is 373 g/mol. The van der Waals surface area contributed by atoms with Crippen molar-refractivity contribution in [2.45, 2.75) is 18.9 Å². The molecule has 3 rings (SSSR count). The summed E-state index contributed by atoms with van der Waals surface area (Å²) >= 11 is 0. The van der Waals surface area contributed by atoms with Crippen molar-refractivity contribution in [3.63, 3.8) is 0 Å². The summed E-state index contributed by atoms with van der Waals surface area (Å²) in [7, 11) is 9.18. The minimum absolute atomic E-state index is 0.311. The lowest BCUT2D eigenvalue weighted by molar-refractivity contribution is 0.351. The Morgan fingerprint density at radius 1 is 1.04 bits per heavy atom. The van der Waals surface area contributed by atoms with E-state index in [4.69, 9.17) is 9.47 Å². The predicted octanol–water partition coefficient (Wildman–Crippen LogP) is 1.45. The predicted molar refractivity (Wildman–Crippen MR) is 105 cm³/mol. The quantitative estimate of drug-likeness (QED) is 0.747. The van der Waals surface area contributed by atoms with Gasteiger partial charge in [-0.25, -0.2) is 9.97 Å². The van der Waals surface area contributed by atoms with Crippen molar-refractivity contribution in [1.82, 2.24) is 19.9 Å². The molecule has 146 valence electrons. The summed E-state index contributed by atoms with van der Waals surface area (Å²) in [5.41, 5.74) is 0. The van der Waals surface area contributed by atoms with Gasteiger partial charge in [0.05, 0.1) is 14.2 Å². The topological polar surface area (TPSA) is 79.7 Å². The molecule has 0 amide bonds. The van der Waals surface area contributed by atoms with E-state index in [0.29, 0.717) is 17.9 Å². The van der Waals surface area contributed by atoms with E-state index in [0.717, 1.165) is 43.4 Å². The van der Waals surface area contributed by atoms with Crippen LogP contribution in [0.25, 0.3) is 0 Å². The first kappa shape index (κ1) is 18.9. The molecule has 9 heteroatoms. The number of nitrogens with zero attached hydrogens (tertiary/aromatic N) is 7. The summed E-state index contributed by atoms with van der Waals surface area (Å²) in [5.74, 6) is 3.12. The highest BCUT2D eigenvalue weighted by Crippen LogP contribution is 2.27. The number of rotatable bonds is 6. The smallest absolute Gasteiger partial charge is 0.321 e. The Labute approximate surface area is 160 Å². The van der Waals surface area contributed by atoms with Crippen molar-refractivity contribution in [3.05, 3.63) is 18.5 Å². The van der Waals surface area contributed by atoms with Crippen molar-refractivity contribution in [3.8, 4) is 11.9 Å². The number of piperidine rings is 1. The molecule has 0 N–H and O–H groups in total. The van der Waals surface area contributed by atoms with Crippen LogP contribution in [0.1, 0.15) is 12.8 Å². The molecule has 0 saturated carbocycles. The molecule has 9 nitrogen and oxygen atoms in total. The zero-order valence-corrected chi connectivity index (χ0v) is 16.6. The maximum absolute atomic E-state index is 5.28. The molecule has 0 aromatic carbocycles. The Morgan fingerprint density at radius 3 is 2.52 bits per heavy atom. The summed E-state index contributed by atoms with van der Waals surface area (Å²) in [6, 6.07) is 4.48. The van der Waals surface area contributed by atoms with E-state index < -0.39 is 0 Å². The number of anilines is 3. The van der Waals surface area contributed by atoms with Gasteiger partial charge in [-0.3, -0.25) is 0 Å². The summed E-state index contributed by atoms with van der Waals surface area (Å²) < 4.78 is 10.5. The Balaban J connectivity index is 1.79. The van der Waals surface area contributed by atoms with Gasteiger partial charge in [0.15, 0.2) is 0 Å². The van der Waals surface area contributed by atoms with E-state index in [9.17, 15) is 0 Å². The molecule has 1 saturated heterocycles. The molecule has 0 aliphatic carbocycles. The van der Waals surface area contributed by atoms with Gasteiger partial charge in [0.2, 0.25) is 5.88 Å². The fraction of sp³-hybridized carbons (Fsp3) is 0.556. The van der Waals surface area contributed by atoms with Crippen molar-refractivity contribution in [2.24, 2.45) is 0 Å². The van der Waals surface area contributed by atoms with E-state index in [2.05, 4.69) is 36.8 Å². The highest BCUT2D eigenvalue weighted by molar-refractivity contribution is 5.50. The molecule has 1 aliphatic heterocycles. The Hall–Kier alpha value is -2.84. The monoisotopic (exact) mass is 373 g/mol. The van der Waals surface area contributed by atoms with Crippen LogP contribution in [0.3, 0.4) is 0 Å². The van der Waals surface area contributed by atoms with Crippen LogP contribution in [-0.2, 0) is 0 Å². The summed E-state index contributed by atoms with van der Waals surface area (Å²) in [4.78, 5) is 23.9. The van der Waals surface area contributed by atoms with Crippen LogP contribution in [0.2, 0.25) is 0 Å². The third-order valence-corrected chi connectivity index (χ3v) is 4.79. The van der Waals surface area contributed by atoms with Gasteiger partial charge in [-0.15, -0.1) is 0 Å². The number of ether oxygens (including phenoxy) is 2. The van der Waals surface area contributed by atoms with Gasteiger partial charge in [-0.05, 0) is 12.8 Å². The zero-order chi connectivity index (χ0) is 19.4. The SMILES string of the molecule is COc1cc(N2CCCC(N(C)c3cc(N(C)C)ncn3)C2)nc(OC)n1. The van der Waals surface area contributed by atoms with Crippen molar-refractivity contribution in [1.29, 1.82) is 0 Å². The van der Waals surface area contributed by atoms with Gasteiger partial charge in [-0.2, -0.15) is 9.97 Å². The van der Waals surface area contributed by atoms with Crippen molar-refractivity contribution < 1.29 is 9.47 Å². The van der Waals surface area contributed by atoms with Gasteiger partial charge in [0.25, 0.3) is 0 Å². The molecule has 1 fully saturated rings. The molecular weight excluding hydrogens is 346 g/mol. The molecule has 0 spiro atoms. The van der Waals surface area contributed by atoms with Crippen LogP contribution in [0.15, 0.2) is 18.5 Å². The average Bonchev–Trinajstić information content (AvgIpc) is 2.72. The summed E-state index contributed by atoms with van der Waals surface area (Å²) in [5, 5.41) is 0. The standard InChI is InChI=1S/C18H27N7O2/c1-23(2)14-9-15(20-12-19-14)24(3)13-7-6-8-25(11-13)16-10-17(26-4)22-18(21-16)27-5/h9-10,12-13H,6-8,11H2,1-5H3.